The van der Waals surface area contributed by atoms with Crippen molar-refractivity contribution >= 4 is 11.9 Å². The molecule has 5 nitrogen and oxygen atoms in total. The van der Waals surface area contributed by atoms with Gasteiger partial charge >= 0.3 is 5.97 Å². The van der Waals surface area contributed by atoms with Gasteiger partial charge in [-0.25, -0.2) is 8.78 Å². The quantitative estimate of drug-likeness (QED) is 0.772. The van der Waals surface area contributed by atoms with Crippen molar-refractivity contribution in [3.05, 3.63) is 35.4 Å². The van der Waals surface area contributed by atoms with E-state index in [-0.39, 0.29) is 23.7 Å². The first kappa shape index (κ1) is 15.9. The lowest BCUT2D eigenvalue weighted by Crippen LogP contribution is -2.53. The third-order valence-electron chi connectivity index (χ3n) is 4.35. The molecule has 1 aromatic rings. The van der Waals surface area contributed by atoms with Gasteiger partial charge in [0.15, 0.2) is 0 Å². The van der Waals surface area contributed by atoms with Crippen LogP contribution in [0.2, 0.25) is 0 Å². The summed E-state index contributed by atoms with van der Waals surface area (Å²) in [5.74, 6) is -2.24. The van der Waals surface area contributed by atoms with Crippen molar-refractivity contribution in [3.63, 3.8) is 0 Å². The molecule has 0 radical (unpaired) electrons. The highest BCUT2D eigenvalue weighted by Crippen LogP contribution is 2.22. The van der Waals surface area contributed by atoms with Crippen LogP contribution < -0.4 is 0 Å². The summed E-state index contributed by atoms with van der Waals surface area (Å²) in [6.45, 7) is 3.71. The molecule has 2 aliphatic rings. The number of hydrogen-bond acceptors (Lipinski definition) is 4. The molecule has 0 bridgehead atoms. The number of nitrogens with zero attached hydrogens (tertiary/aromatic N) is 2. The van der Waals surface area contributed by atoms with E-state index in [2.05, 4.69) is 0 Å². The van der Waals surface area contributed by atoms with E-state index in [0.29, 0.717) is 38.7 Å². The smallest absolute Gasteiger partial charge is 0.323 e. The Morgan fingerprint density at radius 2 is 1.91 bits per heavy atom. The minimum absolute atomic E-state index is 0.0829. The lowest BCUT2D eigenvalue weighted by Gasteiger charge is -2.36. The third kappa shape index (κ3) is 3.19. The minimum atomic E-state index is -0.856. The van der Waals surface area contributed by atoms with Gasteiger partial charge in [-0.2, -0.15) is 0 Å². The van der Waals surface area contributed by atoms with E-state index in [9.17, 15) is 18.4 Å². The maximum atomic E-state index is 13.7. The van der Waals surface area contributed by atoms with Gasteiger partial charge in [0.1, 0.15) is 23.8 Å². The topological polar surface area (TPSA) is 49.9 Å². The van der Waals surface area contributed by atoms with Crippen molar-refractivity contribution < 1.29 is 23.1 Å². The number of carbonyl (C=O) groups excluding carboxylic acids is 2. The molecule has 2 heterocycles. The van der Waals surface area contributed by atoms with Crippen molar-refractivity contribution in [1.29, 1.82) is 0 Å². The third-order valence-corrected chi connectivity index (χ3v) is 4.35. The van der Waals surface area contributed by atoms with E-state index in [1.807, 2.05) is 11.8 Å². The molecule has 1 aromatic carbocycles. The molecule has 0 aliphatic carbocycles. The van der Waals surface area contributed by atoms with Crippen molar-refractivity contribution in [1.82, 2.24) is 9.80 Å². The van der Waals surface area contributed by atoms with E-state index in [4.69, 9.17) is 4.74 Å². The summed E-state index contributed by atoms with van der Waals surface area (Å²) in [6, 6.07) is 2.68. The number of esters is 1. The molecule has 0 unspecified atom stereocenters. The molecule has 1 amide bonds. The number of ether oxygens (including phenoxy) is 1. The summed E-state index contributed by atoms with van der Waals surface area (Å²) in [5, 5.41) is 0. The highest BCUT2D eigenvalue weighted by Gasteiger charge is 2.38. The van der Waals surface area contributed by atoms with Crippen LogP contribution >= 0.6 is 0 Å². The molecular weight excluding hydrogens is 306 g/mol. The van der Waals surface area contributed by atoms with E-state index < -0.39 is 17.5 Å². The van der Waals surface area contributed by atoms with Crippen LogP contribution in [0, 0.1) is 11.6 Å². The predicted molar refractivity (Wildman–Crippen MR) is 77.8 cm³/mol. The Bertz CT molecular complexity index is 630. The first-order valence-electron chi connectivity index (χ1n) is 7.64. The highest BCUT2D eigenvalue weighted by atomic mass is 19.1. The number of piperazine rings is 1. The predicted octanol–water partition coefficient (Wildman–Crippen LogP) is 1.43. The summed E-state index contributed by atoms with van der Waals surface area (Å²) >= 11 is 0. The molecule has 0 saturated carbocycles. The number of carbonyl (C=O) groups is 2. The Labute approximate surface area is 132 Å². The van der Waals surface area contributed by atoms with Crippen LogP contribution in [0.1, 0.15) is 23.7 Å². The number of amides is 1. The van der Waals surface area contributed by atoms with Crippen LogP contribution in [0.4, 0.5) is 8.78 Å². The zero-order chi connectivity index (χ0) is 16.6. The number of benzene rings is 1. The number of rotatable bonds is 2. The second kappa shape index (κ2) is 6.23. The van der Waals surface area contributed by atoms with Gasteiger partial charge in [0, 0.05) is 38.7 Å². The first-order valence-corrected chi connectivity index (χ1v) is 7.64. The van der Waals surface area contributed by atoms with Crippen molar-refractivity contribution in [3.8, 4) is 0 Å². The van der Waals surface area contributed by atoms with Crippen LogP contribution in [-0.4, -0.2) is 60.0 Å². The average Bonchev–Trinajstić information content (AvgIpc) is 2.85. The standard InChI is InChI=1S/C16H18F2N2O3/c1-10-8-14(16(22)23-10)19-4-6-20(7-5-19)15(21)12-3-2-11(17)9-13(12)18/h2-3,9-10,14H,4-8H2,1H3/t10-,14-/m1/s1. The highest BCUT2D eigenvalue weighted by molar-refractivity contribution is 5.94. The Morgan fingerprint density at radius 1 is 1.22 bits per heavy atom. The number of hydrogen-bond donors (Lipinski definition) is 0. The zero-order valence-electron chi connectivity index (χ0n) is 12.8. The summed E-state index contributed by atoms with van der Waals surface area (Å²) in [4.78, 5) is 27.6. The van der Waals surface area contributed by atoms with E-state index in [1.165, 1.54) is 4.90 Å². The van der Waals surface area contributed by atoms with Gasteiger partial charge in [-0.05, 0) is 19.1 Å². The van der Waals surface area contributed by atoms with Gasteiger partial charge in [0.25, 0.3) is 5.91 Å². The Balaban J connectivity index is 1.62. The molecular formula is C16H18F2N2O3. The van der Waals surface area contributed by atoms with E-state index in [0.717, 1.165) is 12.1 Å². The molecule has 3 rings (SSSR count). The summed E-state index contributed by atoms with van der Waals surface area (Å²) in [6.07, 6.45) is 0.569. The van der Waals surface area contributed by atoms with Crippen LogP contribution in [-0.2, 0) is 9.53 Å². The maximum absolute atomic E-state index is 13.7. The SMILES string of the molecule is C[C@@H]1C[C@@H](N2CCN(C(=O)c3ccc(F)cc3F)CC2)C(=O)O1. The Kier molecular flexibility index (Phi) is 4.30. The number of cyclic esters (lactones) is 1. The molecule has 0 aromatic heterocycles. The van der Waals surface area contributed by atoms with Crippen LogP contribution in [0.5, 0.6) is 0 Å². The van der Waals surface area contributed by atoms with E-state index >= 15 is 0 Å². The van der Waals surface area contributed by atoms with Gasteiger partial charge in [-0.1, -0.05) is 0 Å². The molecule has 0 spiro atoms. The lowest BCUT2D eigenvalue weighted by atomic mass is 10.1. The largest absolute Gasteiger partial charge is 0.461 e. The fourth-order valence-corrected chi connectivity index (χ4v) is 3.10. The molecule has 2 aliphatic heterocycles. The molecule has 124 valence electrons. The average molecular weight is 324 g/mol. The second-order valence-corrected chi connectivity index (χ2v) is 5.95. The monoisotopic (exact) mass is 324 g/mol. The van der Waals surface area contributed by atoms with Gasteiger partial charge in [0.05, 0.1) is 5.56 Å². The van der Waals surface area contributed by atoms with Crippen LogP contribution in [0.15, 0.2) is 18.2 Å². The first-order chi connectivity index (χ1) is 11.0. The van der Waals surface area contributed by atoms with Gasteiger partial charge in [-0.3, -0.25) is 14.5 Å². The van der Waals surface area contributed by atoms with Gasteiger partial charge < -0.3 is 9.64 Å². The lowest BCUT2D eigenvalue weighted by molar-refractivity contribution is -0.145. The van der Waals surface area contributed by atoms with Crippen molar-refractivity contribution in [2.75, 3.05) is 26.2 Å². The summed E-state index contributed by atoms with van der Waals surface area (Å²) in [5.41, 5.74) is -0.131. The fourth-order valence-electron chi connectivity index (χ4n) is 3.10. The number of halogens is 2. The molecule has 2 atom stereocenters. The maximum Gasteiger partial charge on any atom is 0.323 e. The fraction of sp³-hybridized carbons (Fsp3) is 0.500. The van der Waals surface area contributed by atoms with Crippen molar-refractivity contribution in [2.45, 2.75) is 25.5 Å². The van der Waals surface area contributed by atoms with Gasteiger partial charge in [0.2, 0.25) is 0 Å². The zero-order valence-corrected chi connectivity index (χ0v) is 12.8. The molecule has 2 fully saturated rings. The second-order valence-electron chi connectivity index (χ2n) is 5.95. The normalized spacial score (nSPS) is 25.5. The molecule has 7 heteroatoms. The van der Waals surface area contributed by atoms with Crippen molar-refractivity contribution in [2.24, 2.45) is 0 Å². The minimum Gasteiger partial charge on any atom is -0.461 e. The molecule has 0 N–H and O–H groups in total. The van der Waals surface area contributed by atoms with E-state index in [1.54, 1.807) is 0 Å². The molecule has 2 saturated heterocycles. The Hall–Kier alpha value is -2.02. The summed E-state index contributed by atoms with van der Waals surface area (Å²) in [7, 11) is 0. The van der Waals surface area contributed by atoms with Crippen LogP contribution in [0.3, 0.4) is 0 Å². The van der Waals surface area contributed by atoms with Gasteiger partial charge in [-0.15, -0.1) is 0 Å². The van der Waals surface area contributed by atoms with Crippen LogP contribution in [0.25, 0.3) is 0 Å². The summed E-state index contributed by atoms with van der Waals surface area (Å²) < 4.78 is 31.8. The Morgan fingerprint density at radius 3 is 2.48 bits per heavy atom. The molecule has 23 heavy (non-hydrogen) atoms.